The third kappa shape index (κ3) is 5.03. The molecule has 0 radical (unpaired) electrons. The second-order valence-corrected chi connectivity index (χ2v) is 10.1. The molecule has 0 aliphatic heterocycles. The van der Waals surface area contributed by atoms with E-state index in [1.54, 1.807) is 12.1 Å². The summed E-state index contributed by atoms with van der Waals surface area (Å²) in [5, 5.41) is 8.65. The highest BCUT2D eigenvalue weighted by Gasteiger charge is 2.17. The molecule has 2 aromatic carbocycles. The largest absolute Gasteiger partial charge is 0.384 e. The maximum absolute atomic E-state index is 14.2. The first-order chi connectivity index (χ1) is 18.4. The Bertz CT molecular complexity index is 1570. The maximum Gasteiger partial charge on any atom is 0.229 e. The Morgan fingerprint density at radius 2 is 1.89 bits per heavy atom. The van der Waals surface area contributed by atoms with Crippen LogP contribution in [0.1, 0.15) is 34.1 Å². The molecule has 3 N–H and O–H groups in total. The van der Waals surface area contributed by atoms with Gasteiger partial charge >= 0.3 is 0 Å². The number of benzene rings is 2. The molecular formula is C30H36FN7. The fourth-order valence-corrected chi connectivity index (χ4v) is 4.97. The number of hydrogen-bond donors (Lipinski definition) is 3. The van der Waals surface area contributed by atoms with E-state index in [2.05, 4.69) is 66.4 Å². The van der Waals surface area contributed by atoms with E-state index in [4.69, 9.17) is 9.97 Å². The van der Waals surface area contributed by atoms with Crippen LogP contribution in [0.25, 0.3) is 33.2 Å². The highest BCUT2D eigenvalue weighted by atomic mass is 19.1. The normalized spacial score (nSPS) is 11.6. The van der Waals surface area contributed by atoms with Gasteiger partial charge in [0, 0.05) is 66.6 Å². The zero-order valence-electron chi connectivity index (χ0n) is 22.8. The second kappa shape index (κ2) is 10.7. The van der Waals surface area contributed by atoms with E-state index < -0.39 is 0 Å². The Balaban J connectivity index is 1.53. The van der Waals surface area contributed by atoms with Crippen LogP contribution in [0.4, 0.5) is 27.4 Å². The summed E-state index contributed by atoms with van der Waals surface area (Å²) in [4.78, 5) is 15.3. The summed E-state index contributed by atoms with van der Waals surface area (Å²) in [5.74, 6) is 0.860. The number of aryl methyl sites for hydroxylation is 1. The molecule has 0 unspecified atom stereocenters. The predicted octanol–water partition coefficient (Wildman–Crippen LogP) is 7.30. The first kappa shape index (κ1) is 25.6. The predicted molar refractivity (Wildman–Crippen MR) is 157 cm³/mol. The quantitative estimate of drug-likeness (QED) is 0.183. The van der Waals surface area contributed by atoms with Crippen molar-refractivity contribution in [2.24, 2.45) is 13.0 Å². The fourth-order valence-electron chi connectivity index (χ4n) is 4.97. The molecule has 0 spiro atoms. The summed E-state index contributed by atoms with van der Waals surface area (Å²) in [6, 6.07) is 13.2. The highest BCUT2D eigenvalue weighted by Crippen LogP contribution is 2.35. The van der Waals surface area contributed by atoms with Gasteiger partial charge < -0.3 is 25.1 Å². The minimum atomic E-state index is -0.270. The summed E-state index contributed by atoms with van der Waals surface area (Å²) in [7, 11) is 1.96. The highest BCUT2D eigenvalue weighted by molar-refractivity contribution is 6.02. The van der Waals surface area contributed by atoms with Crippen molar-refractivity contribution in [1.82, 2.24) is 19.5 Å². The Morgan fingerprint density at radius 3 is 2.66 bits per heavy atom. The molecule has 0 bridgehead atoms. The van der Waals surface area contributed by atoms with E-state index in [0.717, 1.165) is 70.6 Å². The van der Waals surface area contributed by atoms with Crippen molar-refractivity contribution in [1.29, 1.82) is 0 Å². The lowest BCUT2D eigenvalue weighted by Crippen LogP contribution is -2.26. The van der Waals surface area contributed by atoms with Crippen LogP contribution in [-0.2, 0) is 7.05 Å². The smallest absolute Gasteiger partial charge is 0.229 e. The van der Waals surface area contributed by atoms with Crippen molar-refractivity contribution in [3.05, 3.63) is 60.7 Å². The average molecular weight is 514 g/mol. The van der Waals surface area contributed by atoms with Crippen molar-refractivity contribution in [2.45, 2.75) is 34.1 Å². The van der Waals surface area contributed by atoms with Gasteiger partial charge in [-0.1, -0.05) is 13.8 Å². The minimum Gasteiger partial charge on any atom is -0.384 e. The van der Waals surface area contributed by atoms with Gasteiger partial charge in [-0.15, -0.1) is 0 Å². The van der Waals surface area contributed by atoms with Crippen LogP contribution in [-0.4, -0.2) is 39.2 Å². The lowest BCUT2D eigenvalue weighted by Gasteiger charge is -2.27. The third-order valence-electron chi connectivity index (χ3n) is 6.94. The fraction of sp³-hybridized carbons (Fsp3) is 0.333. The summed E-state index contributed by atoms with van der Waals surface area (Å²) in [6.07, 6.45) is 4.99. The molecule has 0 aliphatic rings. The van der Waals surface area contributed by atoms with Gasteiger partial charge in [-0.25, -0.2) is 9.37 Å². The minimum absolute atomic E-state index is 0.270. The molecule has 198 valence electrons. The number of H-pyrrole nitrogens is 1. The summed E-state index contributed by atoms with van der Waals surface area (Å²) in [6.45, 7) is 11.6. The van der Waals surface area contributed by atoms with Crippen LogP contribution in [0.5, 0.6) is 0 Å². The van der Waals surface area contributed by atoms with Crippen molar-refractivity contribution in [2.75, 3.05) is 35.2 Å². The lowest BCUT2D eigenvalue weighted by atomic mass is 10.1. The van der Waals surface area contributed by atoms with E-state index in [1.807, 2.05) is 30.1 Å². The number of fused-ring (bicyclic) bond motifs is 2. The average Bonchev–Trinajstić information content (AvgIpc) is 3.49. The van der Waals surface area contributed by atoms with E-state index in [9.17, 15) is 4.39 Å². The van der Waals surface area contributed by atoms with E-state index in [-0.39, 0.29) is 5.82 Å². The Morgan fingerprint density at radius 1 is 1.05 bits per heavy atom. The molecule has 7 nitrogen and oxygen atoms in total. The van der Waals surface area contributed by atoms with E-state index >= 15 is 0 Å². The molecule has 0 aliphatic carbocycles. The molecule has 5 rings (SSSR count). The van der Waals surface area contributed by atoms with Gasteiger partial charge in [0.15, 0.2) is 0 Å². The van der Waals surface area contributed by atoms with Crippen LogP contribution in [0.3, 0.4) is 0 Å². The Labute approximate surface area is 223 Å². The molecule has 0 atom stereocenters. The van der Waals surface area contributed by atoms with Crippen LogP contribution >= 0.6 is 0 Å². The zero-order valence-corrected chi connectivity index (χ0v) is 22.8. The first-order valence-electron chi connectivity index (χ1n) is 13.4. The molecule has 38 heavy (non-hydrogen) atoms. The van der Waals surface area contributed by atoms with Crippen molar-refractivity contribution >= 4 is 44.9 Å². The molecule has 0 amide bonds. The molecule has 3 aromatic heterocycles. The molecule has 0 fully saturated rings. The van der Waals surface area contributed by atoms with Crippen molar-refractivity contribution in [3.63, 3.8) is 0 Å². The van der Waals surface area contributed by atoms with Gasteiger partial charge in [0.05, 0.1) is 17.1 Å². The van der Waals surface area contributed by atoms with Gasteiger partial charge in [0.2, 0.25) is 5.95 Å². The number of hydrogen-bond acceptors (Lipinski definition) is 5. The van der Waals surface area contributed by atoms with Crippen molar-refractivity contribution in [3.8, 4) is 11.3 Å². The SMILES string of the molecule is CCNc1cc(Nc2nc(-c3cn(C)c4ccc(F)cc34)c3cc[nH]c3n2)ccc1N(CC)CCC(C)C. The van der Waals surface area contributed by atoms with Gasteiger partial charge in [0.1, 0.15) is 11.5 Å². The van der Waals surface area contributed by atoms with Crippen LogP contribution in [0, 0.1) is 11.7 Å². The second-order valence-electron chi connectivity index (χ2n) is 10.1. The van der Waals surface area contributed by atoms with Crippen molar-refractivity contribution < 1.29 is 4.39 Å². The summed E-state index contributed by atoms with van der Waals surface area (Å²) < 4.78 is 16.2. The number of anilines is 4. The van der Waals surface area contributed by atoms with Gasteiger partial charge in [0.25, 0.3) is 0 Å². The number of rotatable bonds is 10. The Hall–Kier alpha value is -4.07. The standard InChI is InChI=1S/C30H36FN7/c1-6-32-25-17-21(9-11-27(25)38(7-2)15-13-19(3)4)34-30-35-28(22-12-14-33-29(22)36-30)24-18-37(5)26-10-8-20(31)16-23(24)26/h8-12,14,16-19,32H,6-7,13,15H2,1-5H3,(H2,33,34,35,36). The number of nitrogens with zero attached hydrogens (tertiary/aromatic N) is 4. The molecule has 0 saturated carbocycles. The number of nitrogens with one attached hydrogen (secondary N) is 3. The van der Waals surface area contributed by atoms with E-state index in [1.165, 1.54) is 11.8 Å². The number of halogens is 1. The number of aromatic amines is 1. The first-order valence-corrected chi connectivity index (χ1v) is 13.4. The zero-order chi connectivity index (χ0) is 26.8. The molecule has 3 heterocycles. The molecule has 8 heteroatoms. The monoisotopic (exact) mass is 513 g/mol. The molecule has 0 saturated heterocycles. The van der Waals surface area contributed by atoms with Gasteiger partial charge in [-0.2, -0.15) is 4.98 Å². The van der Waals surface area contributed by atoms with E-state index in [0.29, 0.717) is 11.9 Å². The van der Waals surface area contributed by atoms with Crippen LogP contribution in [0.2, 0.25) is 0 Å². The van der Waals surface area contributed by atoms with Crippen LogP contribution in [0.15, 0.2) is 54.9 Å². The lowest BCUT2D eigenvalue weighted by molar-refractivity contribution is 0.576. The molecule has 5 aromatic rings. The summed E-state index contributed by atoms with van der Waals surface area (Å²) in [5.41, 5.74) is 6.45. The molecular weight excluding hydrogens is 477 g/mol. The van der Waals surface area contributed by atoms with Crippen LogP contribution < -0.4 is 15.5 Å². The van der Waals surface area contributed by atoms with Gasteiger partial charge in [-0.3, -0.25) is 0 Å². The number of aromatic nitrogens is 4. The summed E-state index contributed by atoms with van der Waals surface area (Å²) >= 11 is 0. The topological polar surface area (TPSA) is 73.8 Å². The third-order valence-corrected chi connectivity index (χ3v) is 6.94. The van der Waals surface area contributed by atoms with Gasteiger partial charge in [-0.05, 0) is 68.7 Å². The Kier molecular flexibility index (Phi) is 7.22. The maximum atomic E-state index is 14.2.